The van der Waals surface area contributed by atoms with E-state index in [1.165, 1.54) is 0 Å². The van der Waals surface area contributed by atoms with Crippen molar-refractivity contribution in [3.8, 4) is 0 Å². The molecule has 0 aliphatic heterocycles. The van der Waals surface area contributed by atoms with Crippen LogP contribution in [-0.2, 0) is 10.8 Å². The molecule has 0 bridgehead atoms. The van der Waals surface area contributed by atoms with E-state index in [9.17, 15) is 4.21 Å². The van der Waals surface area contributed by atoms with Gasteiger partial charge in [0, 0.05) is 27.3 Å². The molecule has 0 aliphatic carbocycles. The molecule has 0 aromatic rings. The molecular formula is C10H23NOS. The Morgan fingerprint density at radius 1 is 1.31 bits per heavy atom. The Balaban J connectivity index is 4.23. The van der Waals surface area contributed by atoms with Gasteiger partial charge in [0.15, 0.2) is 0 Å². The molecule has 3 heteroatoms. The van der Waals surface area contributed by atoms with Crippen molar-refractivity contribution in [2.45, 2.75) is 63.5 Å². The molecule has 2 N–H and O–H groups in total. The monoisotopic (exact) mass is 205 g/mol. The normalized spacial score (nSPS) is 18.6. The van der Waals surface area contributed by atoms with Gasteiger partial charge in [-0.25, -0.2) is 0 Å². The Labute approximate surface area is 84.7 Å². The maximum absolute atomic E-state index is 11.8. The summed E-state index contributed by atoms with van der Waals surface area (Å²) in [7, 11) is -0.766. The van der Waals surface area contributed by atoms with Crippen LogP contribution in [0.5, 0.6) is 0 Å². The first kappa shape index (κ1) is 13.1. The molecule has 0 heterocycles. The first-order valence-corrected chi connectivity index (χ1v) is 6.47. The highest BCUT2D eigenvalue weighted by molar-refractivity contribution is 7.86. The Hall–Kier alpha value is 0.110. The molecule has 0 spiro atoms. The fourth-order valence-corrected chi connectivity index (χ4v) is 3.02. The van der Waals surface area contributed by atoms with Gasteiger partial charge in [0.2, 0.25) is 0 Å². The molecule has 80 valence electrons. The van der Waals surface area contributed by atoms with Gasteiger partial charge in [0.25, 0.3) is 0 Å². The van der Waals surface area contributed by atoms with E-state index in [0.717, 1.165) is 19.3 Å². The molecule has 0 aliphatic rings. The molecule has 0 aromatic heterocycles. The molecule has 0 saturated heterocycles. The van der Waals surface area contributed by atoms with Crippen molar-refractivity contribution in [3.05, 3.63) is 0 Å². The van der Waals surface area contributed by atoms with E-state index in [2.05, 4.69) is 13.8 Å². The third kappa shape index (κ3) is 4.23. The van der Waals surface area contributed by atoms with Gasteiger partial charge < -0.3 is 5.73 Å². The average molecular weight is 205 g/mol. The molecule has 3 unspecified atom stereocenters. The number of rotatable bonds is 6. The molecule has 13 heavy (non-hydrogen) atoms. The second-order valence-electron chi connectivity index (χ2n) is 3.78. The summed E-state index contributed by atoms with van der Waals surface area (Å²) in [6.45, 7) is 8.18. The van der Waals surface area contributed by atoms with Crippen molar-refractivity contribution in [1.29, 1.82) is 0 Å². The van der Waals surface area contributed by atoms with Crippen LogP contribution in [0.15, 0.2) is 0 Å². The largest absolute Gasteiger partial charge is 0.327 e. The summed E-state index contributed by atoms with van der Waals surface area (Å²) in [5, 5.41) is 0.410. The minimum Gasteiger partial charge on any atom is -0.327 e. The van der Waals surface area contributed by atoms with Crippen LogP contribution in [0, 0.1) is 0 Å². The highest BCUT2D eigenvalue weighted by atomic mass is 32.2. The van der Waals surface area contributed by atoms with E-state index in [-0.39, 0.29) is 16.5 Å². The van der Waals surface area contributed by atoms with E-state index < -0.39 is 10.8 Å². The molecule has 0 rings (SSSR count). The fraction of sp³-hybridized carbons (Fsp3) is 1.00. The maximum Gasteiger partial charge on any atom is 0.0499 e. The summed E-state index contributed by atoms with van der Waals surface area (Å²) < 4.78 is 11.8. The summed E-state index contributed by atoms with van der Waals surface area (Å²) >= 11 is 0. The van der Waals surface area contributed by atoms with Crippen LogP contribution in [0.25, 0.3) is 0 Å². The quantitative estimate of drug-likeness (QED) is 0.721. The molecule has 0 saturated carbocycles. The highest BCUT2D eigenvalue weighted by Gasteiger charge is 2.23. The summed E-state index contributed by atoms with van der Waals surface area (Å²) in [4.78, 5) is 0. The summed E-state index contributed by atoms with van der Waals surface area (Å²) in [6.07, 6.45) is 2.98. The van der Waals surface area contributed by atoms with Gasteiger partial charge in [-0.2, -0.15) is 0 Å². The SMILES string of the molecule is CCCC(N)C(CC)S(=O)C(C)C. The van der Waals surface area contributed by atoms with Crippen molar-refractivity contribution in [2.24, 2.45) is 5.73 Å². The zero-order chi connectivity index (χ0) is 10.4. The predicted molar refractivity (Wildman–Crippen MR) is 60.2 cm³/mol. The minimum atomic E-state index is -0.766. The number of hydrogen-bond donors (Lipinski definition) is 1. The van der Waals surface area contributed by atoms with Gasteiger partial charge in [0.05, 0.1) is 0 Å². The lowest BCUT2D eigenvalue weighted by Crippen LogP contribution is -2.39. The Bertz CT molecular complexity index is 159. The topological polar surface area (TPSA) is 43.1 Å². The molecule has 0 amide bonds. The van der Waals surface area contributed by atoms with Crippen LogP contribution in [0.2, 0.25) is 0 Å². The first-order chi connectivity index (χ1) is 6.04. The maximum atomic E-state index is 11.8. The molecule has 0 radical (unpaired) electrons. The molecule has 2 nitrogen and oxygen atoms in total. The van der Waals surface area contributed by atoms with Crippen LogP contribution < -0.4 is 5.73 Å². The van der Waals surface area contributed by atoms with Gasteiger partial charge in [-0.05, 0) is 12.8 Å². The van der Waals surface area contributed by atoms with Gasteiger partial charge in [0.1, 0.15) is 0 Å². The first-order valence-electron chi connectivity index (χ1n) is 5.19. The minimum absolute atomic E-state index is 0.109. The van der Waals surface area contributed by atoms with Gasteiger partial charge in [-0.1, -0.05) is 34.1 Å². The number of hydrogen-bond acceptors (Lipinski definition) is 2. The third-order valence-corrected chi connectivity index (χ3v) is 4.47. The zero-order valence-corrected chi connectivity index (χ0v) is 10.1. The second kappa shape index (κ2) is 6.55. The van der Waals surface area contributed by atoms with E-state index >= 15 is 0 Å². The molecular weight excluding hydrogens is 182 g/mol. The van der Waals surface area contributed by atoms with E-state index in [1.807, 2.05) is 13.8 Å². The van der Waals surface area contributed by atoms with Crippen molar-refractivity contribution in [2.75, 3.05) is 0 Å². The van der Waals surface area contributed by atoms with E-state index in [0.29, 0.717) is 0 Å². The Kier molecular flexibility index (Phi) is 6.60. The van der Waals surface area contributed by atoms with E-state index in [1.54, 1.807) is 0 Å². The van der Waals surface area contributed by atoms with Gasteiger partial charge in [-0.15, -0.1) is 0 Å². The summed E-state index contributed by atoms with van der Waals surface area (Å²) in [5.74, 6) is 0. The van der Waals surface area contributed by atoms with E-state index in [4.69, 9.17) is 5.73 Å². The smallest absolute Gasteiger partial charge is 0.0499 e. The molecule has 0 fully saturated rings. The fourth-order valence-electron chi connectivity index (χ4n) is 1.51. The van der Waals surface area contributed by atoms with Gasteiger partial charge in [-0.3, -0.25) is 4.21 Å². The lowest BCUT2D eigenvalue weighted by atomic mass is 10.1. The third-order valence-electron chi connectivity index (χ3n) is 2.26. The van der Waals surface area contributed by atoms with Crippen molar-refractivity contribution < 1.29 is 4.21 Å². The predicted octanol–water partition coefficient (Wildman–Crippen LogP) is 2.05. The second-order valence-corrected chi connectivity index (χ2v) is 5.98. The van der Waals surface area contributed by atoms with Crippen molar-refractivity contribution in [1.82, 2.24) is 0 Å². The zero-order valence-electron chi connectivity index (χ0n) is 9.25. The van der Waals surface area contributed by atoms with Crippen LogP contribution in [0.4, 0.5) is 0 Å². The lowest BCUT2D eigenvalue weighted by molar-refractivity contribution is 0.547. The lowest BCUT2D eigenvalue weighted by Gasteiger charge is -2.23. The van der Waals surface area contributed by atoms with Crippen LogP contribution in [0.1, 0.15) is 47.0 Å². The van der Waals surface area contributed by atoms with Gasteiger partial charge >= 0.3 is 0 Å². The average Bonchev–Trinajstić information content (AvgIpc) is 2.05. The van der Waals surface area contributed by atoms with Crippen molar-refractivity contribution >= 4 is 10.8 Å². The van der Waals surface area contributed by atoms with Crippen LogP contribution >= 0.6 is 0 Å². The van der Waals surface area contributed by atoms with Crippen LogP contribution in [-0.4, -0.2) is 20.8 Å². The summed E-state index contributed by atoms with van der Waals surface area (Å²) in [5.41, 5.74) is 5.98. The van der Waals surface area contributed by atoms with Crippen molar-refractivity contribution in [3.63, 3.8) is 0 Å². The molecule has 3 atom stereocenters. The highest BCUT2D eigenvalue weighted by Crippen LogP contribution is 2.13. The Morgan fingerprint density at radius 2 is 1.85 bits per heavy atom. The van der Waals surface area contributed by atoms with Crippen LogP contribution in [0.3, 0.4) is 0 Å². The standard InChI is InChI=1S/C10H23NOS/c1-5-7-9(11)10(6-2)13(12)8(3)4/h8-10H,5-7,11H2,1-4H3. The number of nitrogens with two attached hydrogens (primary N) is 1. The molecule has 0 aromatic carbocycles. The Morgan fingerprint density at radius 3 is 2.15 bits per heavy atom. The summed E-state index contributed by atoms with van der Waals surface area (Å²) in [6, 6.07) is 0.109.